The maximum atomic E-state index is 12.8. The van der Waals surface area contributed by atoms with Crippen LogP contribution in [-0.2, 0) is 0 Å². The molecular weight excluding hydrogens is 314 g/mol. The van der Waals surface area contributed by atoms with Gasteiger partial charge in [-0.05, 0) is 56.6 Å². The molecule has 132 valence electrons. The van der Waals surface area contributed by atoms with Crippen LogP contribution in [0.15, 0.2) is 24.3 Å². The van der Waals surface area contributed by atoms with Gasteiger partial charge < -0.3 is 11.1 Å². The average Bonchev–Trinajstić information content (AvgIpc) is 3.02. The topological polar surface area (TPSA) is 96.7 Å². The van der Waals surface area contributed by atoms with Gasteiger partial charge >= 0.3 is 0 Å². The number of benzene rings is 1. The highest BCUT2D eigenvalue weighted by Gasteiger charge is 2.39. The first-order chi connectivity index (χ1) is 12.1. The molecule has 2 bridgehead atoms. The number of aryl methyl sites for hydroxylation is 1. The third kappa shape index (κ3) is 3.31. The molecule has 6 nitrogen and oxygen atoms in total. The fourth-order valence-electron chi connectivity index (χ4n) is 4.53. The number of H-pyrrole nitrogens is 1. The van der Waals surface area contributed by atoms with Crippen LogP contribution in [0.2, 0.25) is 0 Å². The molecule has 0 aliphatic heterocycles. The Bertz CT molecular complexity index is 757. The first kappa shape index (κ1) is 16.3. The molecule has 2 unspecified atom stereocenters. The predicted octanol–water partition coefficient (Wildman–Crippen LogP) is 2.42. The molecule has 0 radical (unpaired) electrons. The fourth-order valence-corrected chi connectivity index (χ4v) is 4.53. The third-order valence-electron chi connectivity index (χ3n) is 5.65. The van der Waals surface area contributed by atoms with Crippen LogP contribution < -0.4 is 11.1 Å². The standard InChI is InChI=1S/C19H25N5O/c1-11-21-18(24-23-11)14-6-3-7-15(8-14)19(25)22-17-12-4-2-5-13(17)10-16(20)9-12/h3,6-8,12-13,16-17H,2,4-5,9-10,20H2,1H3,(H,22,25)(H,21,23,24). The molecule has 0 saturated heterocycles. The minimum Gasteiger partial charge on any atom is -0.349 e. The van der Waals surface area contributed by atoms with Crippen molar-refractivity contribution in [3.05, 3.63) is 35.7 Å². The van der Waals surface area contributed by atoms with E-state index in [0.29, 0.717) is 29.3 Å². The lowest BCUT2D eigenvalue weighted by Gasteiger charge is -2.45. The Morgan fingerprint density at radius 2 is 2.04 bits per heavy atom. The van der Waals surface area contributed by atoms with Gasteiger partial charge in [-0.25, -0.2) is 4.98 Å². The van der Waals surface area contributed by atoms with Gasteiger partial charge in [0.2, 0.25) is 0 Å². The molecule has 2 atom stereocenters. The summed E-state index contributed by atoms with van der Waals surface area (Å²) in [6.07, 6.45) is 5.65. The van der Waals surface area contributed by atoms with E-state index in [1.165, 1.54) is 19.3 Å². The van der Waals surface area contributed by atoms with Crippen LogP contribution in [0, 0.1) is 18.8 Å². The van der Waals surface area contributed by atoms with Crippen molar-refractivity contribution in [3.63, 3.8) is 0 Å². The fraction of sp³-hybridized carbons (Fsp3) is 0.526. The van der Waals surface area contributed by atoms with Crippen molar-refractivity contribution in [2.24, 2.45) is 17.6 Å². The van der Waals surface area contributed by atoms with E-state index in [4.69, 9.17) is 5.73 Å². The van der Waals surface area contributed by atoms with Crippen molar-refractivity contribution in [2.75, 3.05) is 0 Å². The molecule has 2 aliphatic carbocycles. The van der Waals surface area contributed by atoms with Crippen LogP contribution in [0.4, 0.5) is 0 Å². The van der Waals surface area contributed by atoms with Crippen LogP contribution >= 0.6 is 0 Å². The Labute approximate surface area is 147 Å². The molecule has 2 aliphatic rings. The number of nitrogens with zero attached hydrogens (tertiary/aromatic N) is 2. The second-order valence-electron chi connectivity index (χ2n) is 7.51. The summed E-state index contributed by atoms with van der Waals surface area (Å²) in [6, 6.07) is 8.07. The Kier molecular flexibility index (Phi) is 4.29. The molecule has 1 aromatic heterocycles. The van der Waals surface area contributed by atoms with E-state index in [0.717, 1.165) is 24.2 Å². The SMILES string of the molecule is Cc1nc(-c2cccc(C(=O)NC3C4CCCC3CC(N)C4)c2)n[nH]1. The third-order valence-corrected chi connectivity index (χ3v) is 5.65. The number of aromatic nitrogens is 3. The smallest absolute Gasteiger partial charge is 0.251 e. The highest BCUT2D eigenvalue weighted by molar-refractivity contribution is 5.95. The largest absolute Gasteiger partial charge is 0.349 e. The number of carbonyl (C=O) groups is 1. The van der Waals surface area contributed by atoms with Gasteiger partial charge in [0.15, 0.2) is 5.82 Å². The van der Waals surface area contributed by atoms with E-state index < -0.39 is 0 Å². The van der Waals surface area contributed by atoms with Gasteiger partial charge in [-0.2, -0.15) is 5.10 Å². The van der Waals surface area contributed by atoms with Crippen molar-refractivity contribution < 1.29 is 4.79 Å². The minimum atomic E-state index is -0.00789. The van der Waals surface area contributed by atoms with Crippen LogP contribution in [0.3, 0.4) is 0 Å². The van der Waals surface area contributed by atoms with Gasteiger partial charge in [-0.1, -0.05) is 18.6 Å². The normalized spacial score (nSPS) is 28.6. The number of hydrogen-bond acceptors (Lipinski definition) is 4. The summed E-state index contributed by atoms with van der Waals surface area (Å²) in [5.74, 6) is 2.41. The van der Waals surface area contributed by atoms with E-state index in [2.05, 4.69) is 20.5 Å². The number of nitrogens with one attached hydrogen (secondary N) is 2. The molecule has 2 saturated carbocycles. The molecule has 1 amide bonds. The van der Waals surface area contributed by atoms with Gasteiger partial charge in [0.1, 0.15) is 5.82 Å². The van der Waals surface area contributed by atoms with Crippen molar-refractivity contribution in [2.45, 2.75) is 51.1 Å². The van der Waals surface area contributed by atoms with Crippen molar-refractivity contribution in [1.82, 2.24) is 20.5 Å². The molecule has 0 spiro atoms. The lowest BCUT2D eigenvalue weighted by atomic mass is 9.67. The van der Waals surface area contributed by atoms with Crippen molar-refractivity contribution in [3.8, 4) is 11.4 Å². The maximum absolute atomic E-state index is 12.8. The highest BCUT2D eigenvalue weighted by Crippen LogP contribution is 2.39. The number of carbonyl (C=O) groups excluding carboxylic acids is 1. The zero-order valence-corrected chi connectivity index (χ0v) is 14.5. The Morgan fingerprint density at radius 3 is 2.72 bits per heavy atom. The van der Waals surface area contributed by atoms with Gasteiger partial charge in [-0.15, -0.1) is 0 Å². The maximum Gasteiger partial charge on any atom is 0.251 e. The Balaban J connectivity index is 1.51. The van der Waals surface area contributed by atoms with E-state index >= 15 is 0 Å². The number of fused-ring (bicyclic) bond motifs is 2. The summed E-state index contributed by atoms with van der Waals surface area (Å²) in [5.41, 5.74) is 7.70. The Hall–Kier alpha value is -2.21. The molecule has 4 rings (SSSR count). The quantitative estimate of drug-likeness (QED) is 0.800. The molecule has 4 N–H and O–H groups in total. The number of nitrogens with two attached hydrogens (primary N) is 1. The number of amides is 1. The van der Waals surface area contributed by atoms with Gasteiger partial charge in [-0.3, -0.25) is 9.89 Å². The van der Waals surface area contributed by atoms with E-state index in [9.17, 15) is 4.79 Å². The molecule has 1 heterocycles. The van der Waals surface area contributed by atoms with Crippen LogP contribution in [0.25, 0.3) is 11.4 Å². The van der Waals surface area contributed by atoms with E-state index in [-0.39, 0.29) is 11.9 Å². The molecule has 1 aromatic carbocycles. The summed E-state index contributed by atoms with van der Waals surface area (Å²) >= 11 is 0. The summed E-state index contributed by atoms with van der Waals surface area (Å²) in [4.78, 5) is 17.2. The monoisotopic (exact) mass is 339 g/mol. The predicted molar refractivity (Wildman–Crippen MR) is 95.9 cm³/mol. The number of hydrogen-bond donors (Lipinski definition) is 3. The summed E-state index contributed by atoms with van der Waals surface area (Å²) in [6.45, 7) is 1.86. The number of rotatable bonds is 3. The summed E-state index contributed by atoms with van der Waals surface area (Å²) < 4.78 is 0. The first-order valence-corrected chi connectivity index (χ1v) is 9.16. The zero-order valence-electron chi connectivity index (χ0n) is 14.5. The minimum absolute atomic E-state index is 0.00789. The van der Waals surface area contributed by atoms with E-state index in [1.807, 2.05) is 31.2 Å². The lowest BCUT2D eigenvalue weighted by molar-refractivity contribution is 0.0756. The molecule has 2 fully saturated rings. The van der Waals surface area contributed by atoms with Crippen LogP contribution in [0.5, 0.6) is 0 Å². The van der Waals surface area contributed by atoms with E-state index in [1.54, 1.807) is 0 Å². The molecule has 2 aromatic rings. The van der Waals surface area contributed by atoms with Crippen LogP contribution in [0.1, 0.15) is 48.3 Å². The second-order valence-corrected chi connectivity index (χ2v) is 7.51. The average molecular weight is 339 g/mol. The van der Waals surface area contributed by atoms with Gasteiger partial charge in [0.05, 0.1) is 0 Å². The van der Waals surface area contributed by atoms with Crippen molar-refractivity contribution >= 4 is 5.91 Å². The molecule has 25 heavy (non-hydrogen) atoms. The van der Waals surface area contributed by atoms with Gasteiger partial charge in [0.25, 0.3) is 5.91 Å². The summed E-state index contributed by atoms with van der Waals surface area (Å²) in [7, 11) is 0. The van der Waals surface area contributed by atoms with Gasteiger partial charge in [0, 0.05) is 23.2 Å². The lowest BCUT2D eigenvalue weighted by Crippen LogP contribution is -2.53. The zero-order chi connectivity index (χ0) is 17.4. The van der Waals surface area contributed by atoms with Crippen molar-refractivity contribution in [1.29, 1.82) is 0 Å². The summed E-state index contributed by atoms with van der Waals surface area (Å²) in [5, 5.41) is 10.3. The molecule has 6 heteroatoms. The van der Waals surface area contributed by atoms with Crippen LogP contribution in [-0.4, -0.2) is 33.2 Å². The Morgan fingerprint density at radius 1 is 1.28 bits per heavy atom. The number of aromatic amines is 1. The second kappa shape index (κ2) is 6.59. The highest BCUT2D eigenvalue weighted by atomic mass is 16.1. The molecular formula is C19H25N5O. The first-order valence-electron chi connectivity index (χ1n) is 9.16.